The molecule has 0 radical (unpaired) electrons. The minimum atomic E-state index is -0.714. The Morgan fingerprint density at radius 2 is 1.63 bits per heavy atom. The van der Waals surface area contributed by atoms with Gasteiger partial charge in [-0.1, -0.05) is 6.07 Å². The van der Waals surface area contributed by atoms with Gasteiger partial charge in [-0.25, -0.2) is 9.59 Å². The van der Waals surface area contributed by atoms with Gasteiger partial charge in [-0.05, 0) is 31.0 Å². The molecular formula is C13H16O6. The fraction of sp³-hybridized carbons (Fsp3) is 0.385. The van der Waals surface area contributed by atoms with Crippen molar-refractivity contribution in [2.45, 2.75) is 12.8 Å². The number of unbranched alkanes of at least 4 members (excludes halogenated alkanes) is 1. The highest BCUT2D eigenvalue weighted by atomic mass is 16.6. The van der Waals surface area contributed by atoms with Crippen molar-refractivity contribution in [3.05, 3.63) is 35.4 Å². The lowest BCUT2D eigenvalue weighted by Gasteiger charge is -2.06. The van der Waals surface area contributed by atoms with Crippen LogP contribution in [0.1, 0.15) is 33.6 Å². The van der Waals surface area contributed by atoms with E-state index in [2.05, 4.69) is 4.74 Å². The number of aliphatic hydroxyl groups excluding tert-OH is 2. The maximum atomic E-state index is 11.7. The minimum Gasteiger partial charge on any atom is -0.462 e. The van der Waals surface area contributed by atoms with Gasteiger partial charge in [0.15, 0.2) is 6.79 Å². The number of carbonyl (C=O) groups excluding carboxylic acids is 2. The van der Waals surface area contributed by atoms with Crippen molar-refractivity contribution in [2.24, 2.45) is 0 Å². The van der Waals surface area contributed by atoms with Gasteiger partial charge in [0, 0.05) is 6.61 Å². The van der Waals surface area contributed by atoms with Gasteiger partial charge >= 0.3 is 11.9 Å². The molecular weight excluding hydrogens is 252 g/mol. The third-order valence-corrected chi connectivity index (χ3v) is 2.32. The number of rotatable bonds is 7. The van der Waals surface area contributed by atoms with E-state index in [4.69, 9.17) is 14.9 Å². The summed E-state index contributed by atoms with van der Waals surface area (Å²) >= 11 is 0. The second kappa shape index (κ2) is 8.23. The Morgan fingerprint density at radius 1 is 1.00 bits per heavy atom. The molecule has 0 heterocycles. The standard InChI is InChI=1S/C13H16O6/c14-6-1-2-7-18-12(16)10-4-3-5-11(8-10)13(17)19-9-15/h3-5,8,14-15H,1-2,6-7,9H2. The highest BCUT2D eigenvalue weighted by Crippen LogP contribution is 2.08. The molecule has 0 aromatic heterocycles. The molecule has 0 amide bonds. The van der Waals surface area contributed by atoms with Crippen molar-refractivity contribution < 1.29 is 29.3 Å². The Hall–Kier alpha value is -1.92. The number of ether oxygens (including phenoxy) is 2. The summed E-state index contributed by atoms with van der Waals surface area (Å²) in [6.07, 6.45) is 1.14. The topological polar surface area (TPSA) is 93.1 Å². The van der Waals surface area contributed by atoms with E-state index in [-0.39, 0.29) is 24.3 Å². The lowest BCUT2D eigenvalue weighted by Crippen LogP contribution is -2.10. The third kappa shape index (κ3) is 5.07. The molecule has 1 aromatic carbocycles. The average molecular weight is 268 g/mol. The second-order valence-corrected chi connectivity index (χ2v) is 3.71. The van der Waals surface area contributed by atoms with Crippen molar-refractivity contribution in [3.63, 3.8) is 0 Å². The Kier molecular flexibility index (Phi) is 6.56. The van der Waals surface area contributed by atoms with Gasteiger partial charge in [-0.15, -0.1) is 0 Å². The zero-order chi connectivity index (χ0) is 14.1. The summed E-state index contributed by atoms with van der Waals surface area (Å²) in [7, 11) is 0. The summed E-state index contributed by atoms with van der Waals surface area (Å²) in [5, 5.41) is 17.1. The van der Waals surface area contributed by atoms with Crippen LogP contribution in [0.4, 0.5) is 0 Å². The summed E-state index contributed by atoms with van der Waals surface area (Å²) in [5.74, 6) is -1.26. The quantitative estimate of drug-likeness (QED) is 0.430. The van der Waals surface area contributed by atoms with Gasteiger partial charge in [0.2, 0.25) is 0 Å². The van der Waals surface area contributed by atoms with Crippen molar-refractivity contribution in [1.82, 2.24) is 0 Å². The van der Waals surface area contributed by atoms with Crippen LogP contribution in [0.5, 0.6) is 0 Å². The molecule has 0 unspecified atom stereocenters. The smallest absolute Gasteiger partial charge is 0.340 e. The number of carbonyl (C=O) groups is 2. The second-order valence-electron chi connectivity index (χ2n) is 3.71. The Balaban J connectivity index is 2.60. The maximum Gasteiger partial charge on any atom is 0.340 e. The molecule has 1 rings (SSSR count). The summed E-state index contributed by atoms with van der Waals surface area (Å²) in [6.45, 7) is -0.445. The van der Waals surface area contributed by atoms with Gasteiger partial charge < -0.3 is 19.7 Å². The first-order valence-electron chi connectivity index (χ1n) is 5.85. The number of aliphatic hydroxyl groups is 2. The Labute approximate surface area is 110 Å². The van der Waals surface area contributed by atoms with Crippen molar-refractivity contribution >= 4 is 11.9 Å². The lowest BCUT2D eigenvalue weighted by atomic mass is 10.1. The monoisotopic (exact) mass is 268 g/mol. The Bertz CT molecular complexity index is 429. The molecule has 1 aromatic rings. The van der Waals surface area contributed by atoms with Crippen LogP contribution in [0.25, 0.3) is 0 Å². The molecule has 104 valence electrons. The highest BCUT2D eigenvalue weighted by molar-refractivity contribution is 5.95. The molecule has 0 saturated carbocycles. The molecule has 6 heteroatoms. The normalized spacial score (nSPS) is 10.0. The van der Waals surface area contributed by atoms with Crippen LogP contribution in [0.2, 0.25) is 0 Å². The Morgan fingerprint density at radius 3 is 2.21 bits per heavy atom. The number of benzene rings is 1. The number of hydrogen-bond acceptors (Lipinski definition) is 6. The molecule has 0 aliphatic carbocycles. The van der Waals surface area contributed by atoms with E-state index < -0.39 is 18.7 Å². The van der Waals surface area contributed by atoms with Gasteiger partial charge in [0.1, 0.15) is 0 Å². The van der Waals surface area contributed by atoms with Crippen molar-refractivity contribution in [1.29, 1.82) is 0 Å². The zero-order valence-corrected chi connectivity index (χ0v) is 10.4. The van der Waals surface area contributed by atoms with E-state index >= 15 is 0 Å². The SMILES string of the molecule is O=C(OCO)c1cccc(C(=O)OCCCCO)c1. The molecule has 6 nitrogen and oxygen atoms in total. The zero-order valence-electron chi connectivity index (χ0n) is 10.4. The van der Waals surface area contributed by atoms with Crippen LogP contribution in [-0.4, -0.2) is 42.2 Å². The lowest BCUT2D eigenvalue weighted by molar-refractivity contribution is 0.00683. The van der Waals surface area contributed by atoms with Gasteiger partial charge in [-0.2, -0.15) is 0 Å². The molecule has 2 N–H and O–H groups in total. The first-order chi connectivity index (χ1) is 9.19. The van der Waals surface area contributed by atoms with Crippen LogP contribution in [0.15, 0.2) is 24.3 Å². The van der Waals surface area contributed by atoms with E-state index in [0.29, 0.717) is 12.8 Å². The van der Waals surface area contributed by atoms with E-state index in [0.717, 1.165) is 0 Å². The first kappa shape index (κ1) is 15.1. The summed E-state index contributed by atoms with van der Waals surface area (Å²) in [4.78, 5) is 23.0. The maximum absolute atomic E-state index is 11.7. The van der Waals surface area contributed by atoms with Gasteiger partial charge in [-0.3, -0.25) is 0 Å². The molecule has 0 spiro atoms. The molecule has 0 aliphatic heterocycles. The summed E-state index contributed by atoms with van der Waals surface area (Å²) in [5.41, 5.74) is 0.398. The number of esters is 2. The summed E-state index contributed by atoms with van der Waals surface area (Å²) < 4.78 is 9.39. The van der Waals surface area contributed by atoms with E-state index in [1.54, 1.807) is 0 Å². The van der Waals surface area contributed by atoms with Crippen LogP contribution >= 0.6 is 0 Å². The predicted octanol–water partition coefficient (Wildman–Crippen LogP) is 0.722. The van der Waals surface area contributed by atoms with Gasteiger partial charge in [0.25, 0.3) is 0 Å². The van der Waals surface area contributed by atoms with Crippen LogP contribution in [0.3, 0.4) is 0 Å². The molecule has 0 fully saturated rings. The van der Waals surface area contributed by atoms with E-state index in [1.165, 1.54) is 24.3 Å². The molecule has 0 atom stereocenters. The van der Waals surface area contributed by atoms with Crippen molar-refractivity contribution in [3.8, 4) is 0 Å². The van der Waals surface area contributed by atoms with E-state index in [9.17, 15) is 9.59 Å². The molecule has 0 aliphatic rings. The minimum absolute atomic E-state index is 0.0556. The van der Waals surface area contributed by atoms with Crippen LogP contribution in [-0.2, 0) is 9.47 Å². The summed E-state index contributed by atoms with van der Waals surface area (Å²) in [6, 6.07) is 5.86. The fourth-order valence-corrected chi connectivity index (χ4v) is 1.38. The van der Waals surface area contributed by atoms with Crippen molar-refractivity contribution in [2.75, 3.05) is 20.0 Å². The third-order valence-electron chi connectivity index (χ3n) is 2.32. The van der Waals surface area contributed by atoms with E-state index in [1.807, 2.05) is 0 Å². The molecule has 0 bridgehead atoms. The van der Waals surface area contributed by atoms with Crippen LogP contribution in [0, 0.1) is 0 Å². The molecule has 19 heavy (non-hydrogen) atoms. The first-order valence-corrected chi connectivity index (χ1v) is 5.85. The van der Waals surface area contributed by atoms with Crippen LogP contribution < -0.4 is 0 Å². The fourth-order valence-electron chi connectivity index (χ4n) is 1.38. The largest absolute Gasteiger partial charge is 0.462 e. The molecule has 0 saturated heterocycles. The van der Waals surface area contributed by atoms with Gasteiger partial charge in [0.05, 0.1) is 17.7 Å². The number of hydrogen-bond donors (Lipinski definition) is 2. The average Bonchev–Trinajstić information content (AvgIpc) is 2.44. The predicted molar refractivity (Wildman–Crippen MR) is 65.5 cm³/mol. The highest BCUT2D eigenvalue weighted by Gasteiger charge is 2.12.